The van der Waals surface area contributed by atoms with Crippen LogP contribution in [-0.2, 0) is 0 Å². The van der Waals surface area contributed by atoms with Crippen LogP contribution in [0, 0.1) is 13.8 Å². The summed E-state index contributed by atoms with van der Waals surface area (Å²) in [6.45, 7) is 3.81. The first-order chi connectivity index (χ1) is 11.5. The number of benzene rings is 2. The van der Waals surface area contributed by atoms with Gasteiger partial charge in [0.1, 0.15) is 17.0 Å². The highest BCUT2D eigenvalue weighted by atomic mass is 79.9. The van der Waals surface area contributed by atoms with Crippen LogP contribution in [-0.4, -0.2) is 34.6 Å². The first-order valence-electron chi connectivity index (χ1n) is 7.32. The highest BCUT2D eigenvalue weighted by molar-refractivity contribution is 9.10. The number of methoxy groups -OCH3 is 1. The highest BCUT2D eigenvalue weighted by Gasteiger charge is 2.15. The first-order valence-corrected chi connectivity index (χ1v) is 8.11. The van der Waals surface area contributed by atoms with E-state index in [-0.39, 0.29) is 12.5 Å². The van der Waals surface area contributed by atoms with Crippen LogP contribution >= 0.6 is 15.9 Å². The van der Waals surface area contributed by atoms with E-state index < -0.39 is 0 Å². The number of hydrogen-bond acceptors (Lipinski definition) is 5. The van der Waals surface area contributed by atoms with Gasteiger partial charge in [-0.25, -0.2) is 0 Å². The second kappa shape index (κ2) is 6.60. The molecule has 24 heavy (non-hydrogen) atoms. The zero-order chi connectivity index (χ0) is 17.3. The molecule has 3 rings (SSSR count). The van der Waals surface area contributed by atoms with E-state index in [1.54, 1.807) is 25.3 Å². The van der Waals surface area contributed by atoms with Crippen molar-refractivity contribution >= 4 is 32.9 Å². The van der Waals surface area contributed by atoms with Gasteiger partial charge in [0.15, 0.2) is 6.61 Å². The molecule has 0 saturated heterocycles. The molecular weight excluding hydrogens is 374 g/mol. The Labute approximate surface area is 147 Å². The Bertz CT molecular complexity index is 898. The monoisotopic (exact) mass is 389 g/mol. The molecule has 7 heteroatoms. The van der Waals surface area contributed by atoms with E-state index in [1.165, 1.54) is 4.68 Å². The van der Waals surface area contributed by atoms with E-state index in [0.29, 0.717) is 22.5 Å². The van der Waals surface area contributed by atoms with Gasteiger partial charge in [-0.1, -0.05) is 11.3 Å². The lowest BCUT2D eigenvalue weighted by Gasteiger charge is -2.11. The van der Waals surface area contributed by atoms with Gasteiger partial charge in [-0.05, 0) is 59.1 Å². The zero-order valence-corrected chi connectivity index (χ0v) is 15.1. The van der Waals surface area contributed by atoms with Gasteiger partial charge in [0.05, 0.1) is 17.1 Å². The third-order valence-electron chi connectivity index (χ3n) is 3.60. The van der Waals surface area contributed by atoms with Crippen LogP contribution in [0.2, 0.25) is 0 Å². The Morgan fingerprint density at radius 2 is 2.04 bits per heavy atom. The van der Waals surface area contributed by atoms with Crippen LogP contribution in [0.4, 0.5) is 0 Å². The largest absolute Gasteiger partial charge is 0.497 e. The number of rotatable bonds is 4. The number of fused-ring (bicyclic) bond motifs is 1. The molecule has 0 aliphatic heterocycles. The predicted octanol–water partition coefficient (Wildman–Crippen LogP) is 3.54. The highest BCUT2D eigenvalue weighted by Crippen LogP contribution is 2.30. The molecule has 6 nitrogen and oxygen atoms in total. The fraction of sp³-hybridized carbons (Fsp3) is 0.235. The minimum Gasteiger partial charge on any atom is -0.497 e. The lowest BCUT2D eigenvalue weighted by atomic mass is 10.1. The number of carbonyl (C=O) groups is 1. The molecule has 0 amide bonds. The van der Waals surface area contributed by atoms with E-state index in [9.17, 15) is 4.79 Å². The molecule has 1 aromatic heterocycles. The molecule has 0 aliphatic rings. The van der Waals surface area contributed by atoms with Crippen molar-refractivity contribution in [1.82, 2.24) is 15.0 Å². The van der Waals surface area contributed by atoms with Crippen molar-refractivity contribution in [3.8, 4) is 11.5 Å². The summed E-state index contributed by atoms with van der Waals surface area (Å²) in [5.74, 6) is 1.02. The summed E-state index contributed by atoms with van der Waals surface area (Å²) in [6.07, 6.45) is 0. The van der Waals surface area contributed by atoms with E-state index in [4.69, 9.17) is 9.47 Å². The minimum absolute atomic E-state index is 0.132. The van der Waals surface area contributed by atoms with Gasteiger partial charge in [0, 0.05) is 6.07 Å². The molecule has 0 bridgehead atoms. The molecular formula is C17H16BrN3O3. The Morgan fingerprint density at radius 3 is 2.75 bits per heavy atom. The quantitative estimate of drug-likeness (QED) is 0.682. The van der Waals surface area contributed by atoms with Crippen LogP contribution < -0.4 is 9.47 Å². The Hall–Kier alpha value is -2.41. The van der Waals surface area contributed by atoms with E-state index in [2.05, 4.69) is 26.2 Å². The van der Waals surface area contributed by atoms with E-state index >= 15 is 0 Å². The van der Waals surface area contributed by atoms with E-state index in [1.807, 2.05) is 26.0 Å². The molecule has 0 atom stereocenters. The molecule has 3 aromatic rings. The second-order valence-corrected chi connectivity index (χ2v) is 6.29. The van der Waals surface area contributed by atoms with Crippen molar-refractivity contribution in [1.29, 1.82) is 0 Å². The SMILES string of the molecule is COc1ccc2c(c1)nnn2C(=O)COc1c(C)cc(C)cc1Br. The summed E-state index contributed by atoms with van der Waals surface area (Å²) in [5, 5.41) is 7.91. The maximum absolute atomic E-state index is 12.4. The summed E-state index contributed by atoms with van der Waals surface area (Å²) in [7, 11) is 1.58. The van der Waals surface area contributed by atoms with Crippen LogP contribution in [0.5, 0.6) is 11.5 Å². The standard InChI is InChI=1S/C17H16BrN3O3/c1-10-6-11(2)17(13(18)7-10)24-9-16(22)21-15-5-4-12(23-3)8-14(15)19-20-21/h4-8H,9H2,1-3H3. The Kier molecular flexibility index (Phi) is 4.53. The van der Waals surface area contributed by atoms with Gasteiger partial charge in [0.2, 0.25) is 0 Å². The maximum Gasteiger partial charge on any atom is 0.286 e. The Balaban J connectivity index is 1.81. The predicted molar refractivity (Wildman–Crippen MR) is 93.8 cm³/mol. The molecule has 2 aromatic carbocycles. The second-order valence-electron chi connectivity index (χ2n) is 5.43. The van der Waals surface area contributed by atoms with Crippen LogP contribution in [0.1, 0.15) is 15.9 Å². The van der Waals surface area contributed by atoms with Gasteiger partial charge >= 0.3 is 0 Å². The molecule has 124 valence electrons. The number of nitrogens with zero attached hydrogens (tertiary/aromatic N) is 3. The topological polar surface area (TPSA) is 66.2 Å². The molecule has 0 radical (unpaired) electrons. The lowest BCUT2D eigenvalue weighted by Crippen LogP contribution is -2.21. The fourth-order valence-corrected chi connectivity index (χ4v) is 3.28. The average Bonchev–Trinajstić information content (AvgIpc) is 2.96. The molecule has 0 spiro atoms. The number of hydrogen-bond donors (Lipinski definition) is 0. The fourth-order valence-electron chi connectivity index (χ4n) is 2.50. The minimum atomic E-state index is -0.297. The number of aromatic nitrogens is 3. The lowest BCUT2D eigenvalue weighted by molar-refractivity contribution is 0.0823. The molecule has 0 saturated carbocycles. The van der Waals surface area contributed by atoms with Gasteiger partial charge in [-0.2, -0.15) is 4.68 Å². The summed E-state index contributed by atoms with van der Waals surface area (Å²) in [5.41, 5.74) is 3.29. The van der Waals surface area contributed by atoms with Gasteiger partial charge < -0.3 is 9.47 Å². The zero-order valence-electron chi connectivity index (χ0n) is 13.5. The number of halogens is 1. The number of ether oxygens (including phenoxy) is 2. The van der Waals surface area contributed by atoms with Crippen molar-refractivity contribution in [2.24, 2.45) is 0 Å². The van der Waals surface area contributed by atoms with Crippen molar-refractivity contribution in [2.75, 3.05) is 13.7 Å². The normalized spacial score (nSPS) is 10.8. The molecule has 1 heterocycles. The van der Waals surface area contributed by atoms with E-state index in [0.717, 1.165) is 15.6 Å². The van der Waals surface area contributed by atoms with Crippen molar-refractivity contribution < 1.29 is 14.3 Å². The third kappa shape index (κ3) is 3.12. The van der Waals surface area contributed by atoms with Gasteiger partial charge in [-0.15, -0.1) is 5.10 Å². The van der Waals surface area contributed by atoms with Crippen molar-refractivity contribution in [2.45, 2.75) is 13.8 Å². The van der Waals surface area contributed by atoms with Crippen LogP contribution in [0.25, 0.3) is 11.0 Å². The molecule has 0 aliphatic carbocycles. The molecule has 0 unspecified atom stereocenters. The molecule has 0 N–H and O–H groups in total. The summed E-state index contributed by atoms with van der Waals surface area (Å²) in [6, 6.07) is 9.19. The smallest absolute Gasteiger partial charge is 0.286 e. The first kappa shape index (κ1) is 16.4. The van der Waals surface area contributed by atoms with Gasteiger partial charge in [-0.3, -0.25) is 4.79 Å². The van der Waals surface area contributed by atoms with Crippen LogP contribution in [0.15, 0.2) is 34.8 Å². The summed E-state index contributed by atoms with van der Waals surface area (Å²) < 4.78 is 12.9. The molecule has 0 fully saturated rings. The van der Waals surface area contributed by atoms with Crippen LogP contribution in [0.3, 0.4) is 0 Å². The summed E-state index contributed by atoms with van der Waals surface area (Å²) in [4.78, 5) is 12.4. The Morgan fingerprint density at radius 1 is 1.25 bits per heavy atom. The van der Waals surface area contributed by atoms with Crippen molar-refractivity contribution in [3.05, 3.63) is 45.9 Å². The number of carbonyl (C=O) groups excluding carboxylic acids is 1. The maximum atomic E-state index is 12.4. The average molecular weight is 390 g/mol. The third-order valence-corrected chi connectivity index (χ3v) is 4.19. The van der Waals surface area contributed by atoms with Gasteiger partial charge in [0.25, 0.3) is 5.91 Å². The number of aryl methyl sites for hydroxylation is 2. The van der Waals surface area contributed by atoms with Crippen molar-refractivity contribution in [3.63, 3.8) is 0 Å². The summed E-state index contributed by atoms with van der Waals surface area (Å²) >= 11 is 3.47.